The smallest absolute Gasteiger partial charge is 0.416 e. The first-order valence-corrected chi connectivity index (χ1v) is 10.2. The van der Waals surface area contributed by atoms with Crippen molar-refractivity contribution in [1.82, 2.24) is 0 Å². The molecule has 176 valence electrons. The molecule has 0 heterocycles. The minimum atomic E-state index is -4.45. The molecule has 0 spiro atoms. The second kappa shape index (κ2) is 10.3. The molecule has 3 N–H and O–H groups in total. The molecule has 0 saturated carbocycles. The summed E-state index contributed by atoms with van der Waals surface area (Å²) in [6, 6.07) is 10.5. The number of ether oxygens (including phenoxy) is 1. The van der Waals surface area contributed by atoms with Gasteiger partial charge in [-0.3, -0.25) is 9.59 Å². The lowest BCUT2D eigenvalue weighted by Crippen LogP contribution is -2.46. The Bertz CT molecular complexity index is 1060. The van der Waals surface area contributed by atoms with E-state index in [1.807, 2.05) is 0 Å². The Balaban J connectivity index is 2.23. The molecule has 0 aliphatic rings. The third-order valence-electron chi connectivity index (χ3n) is 5.25. The quantitative estimate of drug-likeness (QED) is 0.428. The summed E-state index contributed by atoms with van der Waals surface area (Å²) < 4.78 is 43.5. The van der Waals surface area contributed by atoms with E-state index in [0.29, 0.717) is 5.56 Å². The van der Waals surface area contributed by atoms with Gasteiger partial charge in [0.05, 0.1) is 16.8 Å². The lowest BCUT2D eigenvalue weighted by molar-refractivity contribution is -0.138. The molecule has 0 atom stereocenters. The van der Waals surface area contributed by atoms with Gasteiger partial charge in [0, 0.05) is 5.57 Å². The molecule has 0 bridgehead atoms. The third-order valence-corrected chi connectivity index (χ3v) is 5.25. The summed E-state index contributed by atoms with van der Waals surface area (Å²) in [5.74, 6) is -2.15. The molecular formula is C24H25F3N2O4. The summed E-state index contributed by atoms with van der Waals surface area (Å²) in [6.45, 7) is 4.83. The van der Waals surface area contributed by atoms with Crippen LogP contribution in [0.4, 0.5) is 18.9 Å². The van der Waals surface area contributed by atoms with Gasteiger partial charge in [0.1, 0.15) is 0 Å². The van der Waals surface area contributed by atoms with E-state index in [4.69, 9.17) is 10.5 Å². The fourth-order valence-corrected chi connectivity index (χ4v) is 3.10. The van der Waals surface area contributed by atoms with E-state index in [-0.39, 0.29) is 29.7 Å². The van der Waals surface area contributed by atoms with Crippen molar-refractivity contribution in [2.75, 3.05) is 5.32 Å². The van der Waals surface area contributed by atoms with Crippen molar-refractivity contribution in [3.8, 4) is 0 Å². The van der Waals surface area contributed by atoms with Gasteiger partial charge in [0.2, 0.25) is 0 Å². The highest BCUT2D eigenvalue weighted by atomic mass is 19.4. The van der Waals surface area contributed by atoms with Crippen LogP contribution in [0.2, 0.25) is 0 Å². The van der Waals surface area contributed by atoms with Gasteiger partial charge in [0.25, 0.3) is 11.8 Å². The Labute approximate surface area is 189 Å². The predicted molar refractivity (Wildman–Crippen MR) is 118 cm³/mol. The number of alkyl halides is 3. The highest BCUT2D eigenvalue weighted by Gasteiger charge is 2.38. The molecule has 0 unspecified atom stereocenters. The minimum absolute atomic E-state index is 0.0284. The van der Waals surface area contributed by atoms with Gasteiger partial charge in [-0.2, -0.15) is 13.2 Å². The number of halogens is 3. The highest BCUT2D eigenvalue weighted by molar-refractivity contribution is 6.09. The number of primary amides is 1. The Morgan fingerprint density at radius 3 is 2.09 bits per heavy atom. The molecule has 0 saturated heterocycles. The number of carbonyl (C=O) groups excluding carboxylic acids is 3. The Kier molecular flexibility index (Phi) is 8.03. The number of nitrogens with two attached hydrogens (primary N) is 1. The van der Waals surface area contributed by atoms with Gasteiger partial charge in [-0.05, 0) is 55.7 Å². The van der Waals surface area contributed by atoms with Crippen molar-refractivity contribution in [3.63, 3.8) is 0 Å². The van der Waals surface area contributed by atoms with E-state index in [1.165, 1.54) is 37.3 Å². The van der Waals surface area contributed by atoms with Gasteiger partial charge in [-0.15, -0.1) is 0 Å². The number of anilines is 1. The normalized spacial score (nSPS) is 12.2. The summed E-state index contributed by atoms with van der Waals surface area (Å²) in [5, 5.41) is 2.59. The van der Waals surface area contributed by atoms with E-state index < -0.39 is 35.1 Å². The van der Waals surface area contributed by atoms with Crippen LogP contribution in [-0.2, 0) is 20.5 Å². The van der Waals surface area contributed by atoms with Crippen molar-refractivity contribution in [3.05, 3.63) is 70.8 Å². The Morgan fingerprint density at radius 1 is 1.00 bits per heavy atom. The topological polar surface area (TPSA) is 98.5 Å². The lowest BCUT2D eigenvalue weighted by Gasteiger charge is -2.28. The number of nitrogens with one attached hydrogen (secondary N) is 1. The monoisotopic (exact) mass is 462 g/mol. The van der Waals surface area contributed by atoms with Crippen LogP contribution in [0, 0.1) is 0 Å². The van der Waals surface area contributed by atoms with Crippen molar-refractivity contribution in [2.45, 2.75) is 45.4 Å². The van der Waals surface area contributed by atoms with Crippen LogP contribution >= 0.6 is 0 Å². The standard InChI is InChI=1S/C24H25F3N2O4/c1-4-23(5-2,22(28)32)33-21(31)18-8-6-7-9-19(18)29-20(30)15(3)14-16-10-12-17(13-11-16)24(25,26)27/h6-14H,4-5H2,1-3H3,(H2,28,32)(H,29,30)/b15-14+. The fourth-order valence-electron chi connectivity index (χ4n) is 3.10. The van der Waals surface area contributed by atoms with Crippen molar-refractivity contribution in [1.29, 1.82) is 0 Å². The number of carbonyl (C=O) groups is 3. The van der Waals surface area contributed by atoms with Crippen LogP contribution in [0.15, 0.2) is 54.1 Å². The molecule has 0 fully saturated rings. The van der Waals surface area contributed by atoms with Gasteiger partial charge in [-0.1, -0.05) is 38.1 Å². The maximum atomic E-state index is 12.8. The van der Waals surface area contributed by atoms with Crippen LogP contribution in [0.3, 0.4) is 0 Å². The maximum absolute atomic E-state index is 12.8. The summed E-state index contributed by atoms with van der Waals surface area (Å²) in [7, 11) is 0. The van der Waals surface area contributed by atoms with Crippen LogP contribution in [0.1, 0.15) is 55.1 Å². The zero-order valence-corrected chi connectivity index (χ0v) is 18.5. The maximum Gasteiger partial charge on any atom is 0.416 e. The van der Waals surface area contributed by atoms with Crippen LogP contribution in [-0.4, -0.2) is 23.4 Å². The van der Waals surface area contributed by atoms with E-state index >= 15 is 0 Å². The fraction of sp³-hybridized carbons (Fsp3) is 0.292. The molecule has 2 aromatic carbocycles. The number of benzene rings is 2. The number of rotatable bonds is 8. The molecule has 0 aliphatic carbocycles. The SMILES string of the molecule is CCC(CC)(OC(=O)c1ccccc1NC(=O)/C(C)=C/c1ccc(C(F)(F)F)cc1)C(N)=O. The average Bonchev–Trinajstić information content (AvgIpc) is 2.77. The van der Waals surface area contributed by atoms with E-state index in [1.54, 1.807) is 26.0 Å². The zero-order chi connectivity index (χ0) is 24.8. The van der Waals surface area contributed by atoms with Crippen LogP contribution in [0.25, 0.3) is 6.08 Å². The summed E-state index contributed by atoms with van der Waals surface area (Å²) in [4.78, 5) is 37.3. The van der Waals surface area contributed by atoms with Gasteiger partial charge < -0.3 is 15.8 Å². The molecule has 9 heteroatoms. The minimum Gasteiger partial charge on any atom is -0.445 e. The first-order valence-electron chi connectivity index (χ1n) is 10.2. The summed E-state index contributed by atoms with van der Waals surface area (Å²) >= 11 is 0. The van der Waals surface area contributed by atoms with Crippen molar-refractivity contribution >= 4 is 29.5 Å². The second-order valence-corrected chi connectivity index (χ2v) is 7.40. The van der Waals surface area contributed by atoms with Crippen LogP contribution in [0.5, 0.6) is 0 Å². The molecule has 2 aromatic rings. The number of esters is 1. The first-order chi connectivity index (χ1) is 15.4. The highest BCUT2D eigenvalue weighted by Crippen LogP contribution is 2.29. The molecule has 2 amide bonds. The first kappa shape index (κ1) is 25.6. The molecule has 0 aliphatic heterocycles. The van der Waals surface area contributed by atoms with E-state index in [0.717, 1.165) is 12.1 Å². The van der Waals surface area contributed by atoms with Gasteiger partial charge in [0.15, 0.2) is 5.60 Å². The van der Waals surface area contributed by atoms with E-state index in [9.17, 15) is 27.6 Å². The average molecular weight is 462 g/mol. The summed E-state index contributed by atoms with van der Waals surface area (Å²) in [6.07, 6.45) is -2.65. The largest absolute Gasteiger partial charge is 0.445 e. The van der Waals surface area contributed by atoms with Crippen molar-refractivity contribution < 1.29 is 32.3 Å². The number of amides is 2. The molecule has 2 rings (SSSR count). The molecular weight excluding hydrogens is 437 g/mol. The third kappa shape index (κ3) is 6.21. The molecule has 0 aromatic heterocycles. The van der Waals surface area contributed by atoms with Gasteiger partial charge >= 0.3 is 12.1 Å². The Morgan fingerprint density at radius 2 is 1.58 bits per heavy atom. The van der Waals surface area contributed by atoms with E-state index in [2.05, 4.69) is 5.32 Å². The Hall–Kier alpha value is -3.62. The van der Waals surface area contributed by atoms with Gasteiger partial charge in [-0.25, -0.2) is 4.79 Å². The molecule has 0 radical (unpaired) electrons. The predicted octanol–water partition coefficient (Wildman–Crippen LogP) is 4.95. The molecule has 33 heavy (non-hydrogen) atoms. The zero-order valence-electron chi connectivity index (χ0n) is 18.5. The van der Waals surface area contributed by atoms with Crippen LogP contribution < -0.4 is 11.1 Å². The number of para-hydroxylation sites is 1. The second-order valence-electron chi connectivity index (χ2n) is 7.40. The number of hydrogen-bond acceptors (Lipinski definition) is 4. The number of hydrogen-bond donors (Lipinski definition) is 2. The lowest BCUT2D eigenvalue weighted by atomic mass is 9.96. The summed E-state index contributed by atoms with van der Waals surface area (Å²) in [5.41, 5.74) is 3.95. The molecule has 6 nitrogen and oxygen atoms in total. The van der Waals surface area contributed by atoms with Crippen molar-refractivity contribution in [2.24, 2.45) is 5.73 Å².